The molecule has 0 amide bonds. The van der Waals surface area contributed by atoms with Gasteiger partial charge in [0.05, 0.1) is 5.69 Å². The lowest BCUT2D eigenvalue weighted by atomic mass is 9.81. The molecule has 0 aliphatic heterocycles. The normalized spacial score (nSPS) is 20.8. The highest BCUT2D eigenvalue weighted by molar-refractivity contribution is 5.99. The van der Waals surface area contributed by atoms with E-state index in [9.17, 15) is 0 Å². The summed E-state index contributed by atoms with van der Waals surface area (Å²) in [5, 5.41) is 2.65. The van der Waals surface area contributed by atoms with E-state index in [1.165, 1.54) is 141 Å². The Labute approximate surface area is 339 Å². The molecule has 4 aliphatic carbocycles. The van der Waals surface area contributed by atoms with Crippen molar-refractivity contribution >= 4 is 27.8 Å². The summed E-state index contributed by atoms with van der Waals surface area (Å²) in [5.41, 5.74) is 17.1. The molecule has 0 radical (unpaired) electrons. The van der Waals surface area contributed by atoms with E-state index in [0.29, 0.717) is 11.8 Å². The van der Waals surface area contributed by atoms with Crippen molar-refractivity contribution in [1.29, 1.82) is 0 Å². The first-order valence-electron chi connectivity index (χ1n) is 21.9. The molecule has 2 bridgehead atoms. The first-order valence-corrected chi connectivity index (χ1v) is 21.9. The fourth-order valence-electron chi connectivity index (χ4n) is 11.7. The highest BCUT2D eigenvalue weighted by atomic mass is 15.1. The maximum Gasteiger partial charge on any atom is 0.0543 e. The zero-order valence-electron chi connectivity index (χ0n) is 33.6. The third kappa shape index (κ3) is 5.96. The van der Waals surface area contributed by atoms with E-state index in [0.717, 1.165) is 11.8 Å². The third-order valence-electron chi connectivity index (χ3n) is 14.7. The Morgan fingerprint density at radius 2 is 1.19 bits per heavy atom. The second-order valence-electron chi connectivity index (χ2n) is 18.3. The van der Waals surface area contributed by atoms with Gasteiger partial charge in [0.2, 0.25) is 0 Å². The van der Waals surface area contributed by atoms with Gasteiger partial charge in [0.15, 0.2) is 0 Å². The zero-order chi connectivity index (χ0) is 38.1. The van der Waals surface area contributed by atoms with Crippen LogP contribution in [0.25, 0.3) is 44.2 Å². The maximum absolute atomic E-state index is 2.58. The Morgan fingerprint density at radius 3 is 1.91 bits per heavy atom. The molecule has 0 spiro atoms. The van der Waals surface area contributed by atoms with Crippen molar-refractivity contribution in [3.8, 4) is 33.4 Å². The molecule has 1 nitrogen and oxygen atoms in total. The van der Waals surface area contributed by atoms with E-state index in [2.05, 4.69) is 170 Å². The topological polar surface area (TPSA) is 3.24 Å². The molecule has 11 rings (SSSR count). The average molecular weight is 740 g/mol. The van der Waals surface area contributed by atoms with E-state index >= 15 is 0 Å². The van der Waals surface area contributed by atoms with E-state index < -0.39 is 0 Å². The Bertz CT molecular complexity index is 2590. The average Bonchev–Trinajstić information content (AvgIpc) is 3.97. The monoisotopic (exact) mass is 739 g/mol. The molecule has 282 valence electrons. The molecular formula is C56H53N. The van der Waals surface area contributed by atoms with Gasteiger partial charge < -0.3 is 4.90 Å². The molecule has 57 heavy (non-hydrogen) atoms. The van der Waals surface area contributed by atoms with Gasteiger partial charge in [-0.05, 0) is 153 Å². The van der Waals surface area contributed by atoms with Crippen LogP contribution in [0.15, 0.2) is 152 Å². The molecule has 0 aromatic heterocycles. The molecule has 3 fully saturated rings. The van der Waals surface area contributed by atoms with Gasteiger partial charge in [0.25, 0.3) is 0 Å². The summed E-state index contributed by atoms with van der Waals surface area (Å²) in [7, 11) is 0. The molecule has 3 unspecified atom stereocenters. The van der Waals surface area contributed by atoms with Crippen LogP contribution < -0.4 is 4.90 Å². The lowest BCUT2D eigenvalue weighted by Gasteiger charge is -2.31. The summed E-state index contributed by atoms with van der Waals surface area (Å²) in [6.45, 7) is 4.85. The molecule has 3 saturated carbocycles. The van der Waals surface area contributed by atoms with E-state index in [4.69, 9.17) is 0 Å². The van der Waals surface area contributed by atoms with E-state index in [-0.39, 0.29) is 5.41 Å². The smallest absolute Gasteiger partial charge is 0.0543 e. The SMILES string of the molecule is CC1(C)c2cc(N(c3ccc(C4CC5CCC4C5)cc3)c3ccc4ccc(C5CCCCC5)cc4c3)c(-c3ccccc3)cc2-c2c(-c3ccccc3)cccc21. The minimum absolute atomic E-state index is 0.172. The van der Waals surface area contributed by atoms with Crippen molar-refractivity contribution in [3.63, 3.8) is 0 Å². The summed E-state index contributed by atoms with van der Waals surface area (Å²) in [6.07, 6.45) is 12.3. The van der Waals surface area contributed by atoms with Crippen LogP contribution in [-0.4, -0.2) is 0 Å². The first-order chi connectivity index (χ1) is 28.0. The van der Waals surface area contributed by atoms with Gasteiger partial charge in [-0.15, -0.1) is 0 Å². The number of rotatable bonds is 7. The minimum Gasteiger partial charge on any atom is -0.310 e. The van der Waals surface area contributed by atoms with Crippen LogP contribution in [-0.2, 0) is 5.41 Å². The molecule has 7 aromatic rings. The fraction of sp³-hybridized carbons (Fsp3) is 0.286. The second kappa shape index (κ2) is 13.9. The van der Waals surface area contributed by atoms with Crippen LogP contribution in [0.1, 0.15) is 106 Å². The Hall–Kier alpha value is -5.40. The summed E-state index contributed by atoms with van der Waals surface area (Å²) in [4.78, 5) is 2.58. The maximum atomic E-state index is 2.58. The van der Waals surface area contributed by atoms with Gasteiger partial charge >= 0.3 is 0 Å². The molecule has 0 N–H and O–H groups in total. The quantitative estimate of drug-likeness (QED) is 0.157. The number of nitrogens with zero attached hydrogens (tertiary/aromatic N) is 1. The fourth-order valence-corrected chi connectivity index (χ4v) is 11.7. The number of anilines is 3. The van der Waals surface area contributed by atoms with Crippen LogP contribution in [0, 0.1) is 11.8 Å². The van der Waals surface area contributed by atoms with Crippen LogP contribution in [0.4, 0.5) is 17.1 Å². The Balaban J connectivity index is 1.12. The first kappa shape index (κ1) is 34.8. The molecule has 0 saturated heterocycles. The van der Waals surface area contributed by atoms with Crippen molar-refractivity contribution in [2.75, 3.05) is 4.90 Å². The summed E-state index contributed by atoms with van der Waals surface area (Å²) in [6, 6.07) is 58.4. The van der Waals surface area contributed by atoms with Crippen molar-refractivity contribution < 1.29 is 0 Å². The van der Waals surface area contributed by atoms with Gasteiger partial charge in [-0.3, -0.25) is 0 Å². The van der Waals surface area contributed by atoms with Gasteiger partial charge in [-0.1, -0.05) is 155 Å². The van der Waals surface area contributed by atoms with Crippen molar-refractivity contribution in [1.82, 2.24) is 0 Å². The number of hydrogen-bond donors (Lipinski definition) is 0. The van der Waals surface area contributed by atoms with Crippen molar-refractivity contribution in [2.24, 2.45) is 11.8 Å². The zero-order valence-corrected chi connectivity index (χ0v) is 33.6. The molecule has 7 aromatic carbocycles. The van der Waals surface area contributed by atoms with Crippen LogP contribution in [0.5, 0.6) is 0 Å². The van der Waals surface area contributed by atoms with E-state index in [1.54, 1.807) is 0 Å². The van der Waals surface area contributed by atoms with Crippen molar-refractivity contribution in [2.45, 2.75) is 88.9 Å². The van der Waals surface area contributed by atoms with Crippen LogP contribution >= 0.6 is 0 Å². The standard InChI is InChI=1S/C56H53N/c1-56(2)52-20-12-19-48(40-15-8-4-9-16-40)55(52)51-35-50(41-17-10-5-11-18-41)54(36-53(51)56)57(46-28-26-42(27-29-46)49-32-37-21-22-44(49)31-37)47-30-25-39-23-24-43(33-45(39)34-47)38-13-6-3-7-14-38/h4-5,8-12,15-20,23-30,33-38,44,49H,3,6-7,13-14,21-22,31-32H2,1-2H3. The second-order valence-corrected chi connectivity index (χ2v) is 18.3. The summed E-state index contributed by atoms with van der Waals surface area (Å²) >= 11 is 0. The van der Waals surface area contributed by atoms with Crippen LogP contribution in [0.3, 0.4) is 0 Å². The largest absolute Gasteiger partial charge is 0.310 e. The highest BCUT2D eigenvalue weighted by Gasteiger charge is 2.41. The van der Waals surface area contributed by atoms with Crippen molar-refractivity contribution in [3.05, 3.63) is 174 Å². The Kier molecular flexibility index (Phi) is 8.50. The highest BCUT2D eigenvalue weighted by Crippen LogP contribution is 2.57. The van der Waals surface area contributed by atoms with Gasteiger partial charge in [0.1, 0.15) is 0 Å². The van der Waals surface area contributed by atoms with Gasteiger partial charge in [-0.25, -0.2) is 0 Å². The Morgan fingerprint density at radius 1 is 0.491 bits per heavy atom. The van der Waals surface area contributed by atoms with E-state index in [1.807, 2.05) is 0 Å². The van der Waals surface area contributed by atoms with Gasteiger partial charge in [0, 0.05) is 22.4 Å². The molecule has 1 heteroatoms. The lowest BCUT2D eigenvalue weighted by molar-refractivity contribution is 0.420. The summed E-state index contributed by atoms with van der Waals surface area (Å²) in [5.74, 6) is 3.18. The number of fused-ring (bicyclic) bond motifs is 6. The molecule has 4 aliphatic rings. The van der Waals surface area contributed by atoms with Gasteiger partial charge in [-0.2, -0.15) is 0 Å². The number of benzene rings is 7. The number of hydrogen-bond acceptors (Lipinski definition) is 1. The third-order valence-corrected chi connectivity index (χ3v) is 14.7. The molecule has 0 heterocycles. The summed E-state index contributed by atoms with van der Waals surface area (Å²) < 4.78 is 0. The predicted octanol–water partition coefficient (Wildman–Crippen LogP) is 15.9. The molecular weight excluding hydrogens is 687 g/mol. The minimum atomic E-state index is -0.172. The van der Waals surface area contributed by atoms with Crippen LogP contribution in [0.2, 0.25) is 0 Å². The molecule has 3 atom stereocenters. The predicted molar refractivity (Wildman–Crippen MR) is 241 cm³/mol. The lowest BCUT2D eigenvalue weighted by Crippen LogP contribution is -2.17.